The van der Waals surface area contributed by atoms with Crippen LogP contribution in [0.2, 0.25) is 0 Å². The van der Waals surface area contributed by atoms with Gasteiger partial charge < -0.3 is 19.6 Å². The predicted molar refractivity (Wildman–Crippen MR) is 71.8 cm³/mol. The van der Waals surface area contributed by atoms with Crippen LogP contribution in [0.15, 0.2) is 10.6 Å². The van der Waals surface area contributed by atoms with Crippen molar-refractivity contribution in [2.24, 2.45) is 0 Å². The van der Waals surface area contributed by atoms with E-state index in [1.807, 2.05) is 6.92 Å². The van der Waals surface area contributed by atoms with E-state index in [1.54, 1.807) is 6.20 Å². The van der Waals surface area contributed by atoms with Crippen molar-refractivity contribution in [2.75, 3.05) is 13.2 Å². The lowest BCUT2D eigenvalue weighted by atomic mass is 9.98. The third-order valence-corrected chi connectivity index (χ3v) is 3.40. The molecule has 0 aliphatic heterocycles. The summed E-state index contributed by atoms with van der Waals surface area (Å²) in [4.78, 5) is 4.09. The maximum atomic E-state index is 9.82. The van der Waals surface area contributed by atoms with Crippen LogP contribution in [0.4, 0.5) is 0 Å². The second-order valence-electron chi connectivity index (χ2n) is 5.24. The summed E-state index contributed by atoms with van der Waals surface area (Å²) >= 11 is 0. The molecule has 1 aliphatic carbocycles. The molecule has 0 saturated heterocycles. The Balaban J connectivity index is 1.55. The lowest BCUT2D eigenvalue weighted by Crippen LogP contribution is -2.32. The van der Waals surface area contributed by atoms with Crippen molar-refractivity contribution >= 4 is 0 Å². The van der Waals surface area contributed by atoms with Crippen molar-refractivity contribution in [2.45, 2.75) is 57.8 Å². The van der Waals surface area contributed by atoms with Crippen LogP contribution >= 0.6 is 0 Å². The van der Waals surface area contributed by atoms with Gasteiger partial charge in [0.15, 0.2) is 0 Å². The van der Waals surface area contributed by atoms with Crippen molar-refractivity contribution in [3.8, 4) is 0 Å². The zero-order valence-corrected chi connectivity index (χ0v) is 11.6. The highest BCUT2D eigenvalue weighted by molar-refractivity contribution is 4.90. The molecule has 1 aliphatic rings. The Bertz CT molecular complexity index is 361. The first-order valence-corrected chi connectivity index (χ1v) is 7.15. The second kappa shape index (κ2) is 7.62. The van der Waals surface area contributed by atoms with Crippen LogP contribution in [0.1, 0.15) is 43.8 Å². The van der Waals surface area contributed by atoms with Crippen molar-refractivity contribution in [1.29, 1.82) is 0 Å². The first kappa shape index (κ1) is 14.5. The number of nitrogens with one attached hydrogen (secondary N) is 1. The number of hydrogen-bond donors (Lipinski definition) is 2. The van der Waals surface area contributed by atoms with Gasteiger partial charge in [0.05, 0.1) is 31.6 Å². The fourth-order valence-electron chi connectivity index (χ4n) is 2.37. The largest absolute Gasteiger partial charge is 0.445 e. The van der Waals surface area contributed by atoms with Crippen LogP contribution < -0.4 is 5.32 Å². The van der Waals surface area contributed by atoms with Gasteiger partial charge in [0.25, 0.3) is 0 Å². The molecule has 0 amide bonds. The molecule has 1 unspecified atom stereocenters. The van der Waals surface area contributed by atoms with Crippen LogP contribution in [-0.4, -0.2) is 35.5 Å². The zero-order valence-electron chi connectivity index (χ0n) is 11.6. The van der Waals surface area contributed by atoms with Crippen molar-refractivity contribution in [3.63, 3.8) is 0 Å². The lowest BCUT2D eigenvalue weighted by Gasteiger charge is -2.23. The Labute approximate surface area is 114 Å². The number of ether oxygens (including phenoxy) is 1. The summed E-state index contributed by atoms with van der Waals surface area (Å²) in [6.45, 7) is 3.30. The maximum absolute atomic E-state index is 9.82. The highest BCUT2D eigenvalue weighted by Gasteiger charge is 2.15. The number of aliphatic hydroxyl groups excluding tert-OH is 1. The Morgan fingerprint density at radius 2 is 2.26 bits per heavy atom. The van der Waals surface area contributed by atoms with Gasteiger partial charge in [-0.25, -0.2) is 4.98 Å². The van der Waals surface area contributed by atoms with E-state index in [0.29, 0.717) is 31.7 Å². The number of hydrogen-bond acceptors (Lipinski definition) is 5. The molecule has 1 fully saturated rings. The third-order valence-electron chi connectivity index (χ3n) is 3.40. The summed E-state index contributed by atoms with van der Waals surface area (Å²) in [5.74, 6) is 1.45. The van der Waals surface area contributed by atoms with E-state index in [0.717, 1.165) is 18.6 Å². The van der Waals surface area contributed by atoms with Gasteiger partial charge in [-0.15, -0.1) is 0 Å². The molecule has 0 aromatic carbocycles. The Hall–Kier alpha value is -0.910. The molecular weight excluding hydrogens is 244 g/mol. The van der Waals surface area contributed by atoms with Gasteiger partial charge in [-0.3, -0.25) is 0 Å². The fourth-order valence-corrected chi connectivity index (χ4v) is 2.37. The maximum Gasteiger partial charge on any atom is 0.208 e. The monoisotopic (exact) mass is 268 g/mol. The summed E-state index contributed by atoms with van der Waals surface area (Å²) in [5, 5.41) is 12.9. The molecule has 1 aromatic heterocycles. The quantitative estimate of drug-likeness (QED) is 0.789. The zero-order chi connectivity index (χ0) is 13.5. The van der Waals surface area contributed by atoms with Crippen LogP contribution in [0.25, 0.3) is 0 Å². The Morgan fingerprint density at radius 1 is 1.47 bits per heavy atom. The van der Waals surface area contributed by atoms with Gasteiger partial charge in [-0.2, -0.15) is 0 Å². The van der Waals surface area contributed by atoms with Gasteiger partial charge in [0, 0.05) is 6.54 Å². The van der Waals surface area contributed by atoms with Gasteiger partial charge >= 0.3 is 0 Å². The summed E-state index contributed by atoms with van der Waals surface area (Å²) in [6, 6.07) is 0. The number of aliphatic hydroxyl groups is 1. The molecule has 2 N–H and O–H groups in total. The average molecular weight is 268 g/mol. The molecule has 5 nitrogen and oxygen atoms in total. The van der Waals surface area contributed by atoms with E-state index in [9.17, 15) is 5.11 Å². The average Bonchev–Trinajstić information content (AvgIpc) is 2.83. The molecule has 1 saturated carbocycles. The molecule has 0 radical (unpaired) electrons. The van der Waals surface area contributed by atoms with Gasteiger partial charge in [-0.05, 0) is 19.8 Å². The van der Waals surface area contributed by atoms with Crippen LogP contribution in [0, 0.1) is 6.92 Å². The Kier molecular flexibility index (Phi) is 5.82. The van der Waals surface area contributed by atoms with E-state index in [-0.39, 0.29) is 0 Å². The number of oxazole rings is 1. The number of nitrogens with zero attached hydrogens (tertiary/aromatic N) is 1. The Morgan fingerprint density at radius 3 is 2.95 bits per heavy atom. The van der Waals surface area contributed by atoms with E-state index in [4.69, 9.17) is 9.15 Å². The number of rotatable bonds is 7. The van der Waals surface area contributed by atoms with Crippen molar-refractivity contribution in [1.82, 2.24) is 10.3 Å². The smallest absolute Gasteiger partial charge is 0.208 e. The highest BCUT2D eigenvalue weighted by atomic mass is 16.5. The minimum atomic E-state index is -0.474. The topological polar surface area (TPSA) is 67.5 Å². The normalized spacial score (nSPS) is 18.6. The third kappa shape index (κ3) is 5.30. The molecular formula is C14H24N2O3. The van der Waals surface area contributed by atoms with Gasteiger partial charge in [0.2, 0.25) is 5.89 Å². The lowest BCUT2D eigenvalue weighted by molar-refractivity contribution is -0.0231. The van der Waals surface area contributed by atoms with E-state index in [2.05, 4.69) is 10.3 Å². The van der Waals surface area contributed by atoms with Crippen molar-refractivity contribution < 1.29 is 14.3 Å². The molecule has 108 valence electrons. The molecule has 1 heterocycles. The summed E-state index contributed by atoms with van der Waals surface area (Å²) in [5.41, 5.74) is 0. The van der Waals surface area contributed by atoms with Gasteiger partial charge in [0.1, 0.15) is 5.76 Å². The molecule has 5 heteroatoms. The molecule has 0 spiro atoms. The van der Waals surface area contributed by atoms with E-state index < -0.39 is 6.10 Å². The van der Waals surface area contributed by atoms with Crippen LogP contribution in [0.5, 0.6) is 0 Å². The fraction of sp³-hybridized carbons (Fsp3) is 0.786. The first-order chi connectivity index (χ1) is 9.24. The molecule has 1 atom stereocenters. The van der Waals surface area contributed by atoms with Crippen molar-refractivity contribution in [3.05, 3.63) is 17.8 Å². The minimum absolute atomic E-state index is 0.345. The molecule has 0 bridgehead atoms. The molecule has 19 heavy (non-hydrogen) atoms. The highest BCUT2D eigenvalue weighted by Crippen LogP contribution is 2.20. The molecule has 1 aromatic rings. The van der Waals surface area contributed by atoms with Crippen LogP contribution in [-0.2, 0) is 11.3 Å². The summed E-state index contributed by atoms with van der Waals surface area (Å²) < 4.78 is 11.1. The minimum Gasteiger partial charge on any atom is -0.445 e. The number of aryl methyl sites for hydroxylation is 1. The summed E-state index contributed by atoms with van der Waals surface area (Å²) in [7, 11) is 0. The summed E-state index contributed by atoms with van der Waals surface area (Å²) in [6.07, 6.45) is 7.66. The van der Waals surface area contributed by atoms with E-state index in [1.165, 1.54) is 19.3 Å². The first-order valence-electron chi connectivity index (χ1n) is 7.15. The van der Waals surface area contributed by atoms with E-state index >= 15 is 0 Å². The standard InChI is InChI=1S/C14H24N2O3/c1-11-7-16-14(19-11)9-15-8-12(17)10-18-13-5-3-2-4-6-13/h7,12-13,15,17H,2-6,8-10H2,1H3. The van der Waals surface area contributed by atoms with Gasteiger partial charge in [-0.1, -0.05) is 19.3 Å². The SMILES string of the molecule is Cc1cnc(CNCC(O)COC2CCCCC2)o1. The second-order valence-corrected chi connectivity index (χ2v) is 5.24. The number of aromatic nitrogens is 1. The predicted octanol–water partition coefficient (Wildman–Crippen LogP) is 1.78. The molecule has 2 rings (SSSR count). The van der Waals surface area contributed by atoms with Crippen LogP contribution in [0.3, 0.4) is 0 Å².